The summed E-state index contributed by atoms with van der Waals surface area (Å²) in [5.74, 6) is -43.2. The largest absolute Gasteiger partial charge is 0.469 e. The van der Waals surface area contributed by atoms with E-state index >= 15 is 0 Å². The van der Waals surface area contributed by atoms with Crippen LogP contribution in [0.2, 0.25) is 0 Å². The van der Waals surface area contributed by atoms with Crippen LogP contribution in [0.5, 0.6) is 0 Å². The molecule has 1 N–H and O–H groups in total. The summed E-state index contributed by atoms with van der Waals surface area (Å²) in [5.41, 5.74) is -2.54. The fourth-order valence-electron chi connectivity index (χ4n) is 3.82. The number of thioether (sulfide) groups is 1. The Morgan fingerprint density at radius 1 is 0.632 bits per heavy atom. The summed E-state index contributed by atoms with van der Waals surface area (Å²) < 4.78 is 191. The van der Waals surface area contributed by atoms with Crippen LogP contribution < -0.4 is 0 Å². The van der Waals surface area contributed by atoms with Crippen LogP contribution in [0.15, 0.2) is 0 Å². The Morgan fingerprint density at radius 3 is 1.49 bits per heavy atom. The third-order valence-electron chi connectivity index (χ3n) is 7.06. The fraction of sp³-hybridized carbons (Fsp3) is 0.882. The number of aliphatic hydroxyl groups is 1. The number of carbonyl (C=O) groups is 4. The van der Waals surface area contributed by atoms with Crippen molar-refractivity contribution in [2.24, 2.45) is 16.7 Å². The van der Waals surface area contributed by atoms with Gasteiger partial charge in [0.05, 0.1) is 42.6 Å². The zero-order valence-electron chi connectivity index (χ0n) is 27.8. The summed E-state index contributed by atoms with van der Waals surface area (Å²) in [6.45, 7) is 3.53. The highest BCUT2D eigenvalue weighted by Gasteiger charge is 2.90. The lowest BCUT2D eigenvalue weighted by atomic mass is 9.81. The first-order valence-electron chi connectivity index (χ1n) is 14.5. The normalized spacial score (nSPS) is 13.5. The van der Waals surface area contributed by atoms with Crippen LogP contribution in [0.3, 0.4) is 0 Å². The van der Waals surface area contributed by atoms with E-state index in [2.05, 4.69) is 9.47 Å². The van der Waals surface area contributed by atoms with Gasteiger partial charge in [-0.15, -0.1) is 11.8 Å². The Morgan fingerprint density at radius 2 is 1.07 bits per heavy atom. The van der Waals surface area contributed by atoms with E-state index in [1.807, 2.05) is 0 Å². The minimum atomic E-state index is -8.06. The van der Waals surface area contributed by atoms with E-state index in [-0.39, 0.29) is 62.5 Å². The first-order chi connectivity index (χ1) is 22.7. The lowest BCUT2D eigenvalue weighted by Gasteiger charge is -2.39. The maximum absolute atomic E-state index is 14.0. The van der Waals surface area contributed by atoms with Crippen LogP contribution in [0.4, 0.5) is 57.1 Å². The van der Waals surface area contributed by atoms with Gasteiger partial charge in [-0.2, -0.15) is 57.1 Å². The molecule has 0 bridgehead atoms. The number of aliphatic hydroxyl groups excluding tert-OH is 1. The van der Waals surface area contributed by atoms with Crippen LogP contribution in [0.1, 0.15) is 98.4 Å². The number of ether oxygens (including phenoxy) is 4. The minimum Gasteiger partial charge on any atom is -0.469 e. The number of esters is 4. The Bertz CT molecular complexity index is 1210. The molecule has 0 saturated heterocycles. The number of hydrogen-bond acceptors (Lipinski definition) is 10. The summed E-state index contributed by atoms with van der Waals surface area (Å²) in [4.78, 5) is 48.5. The Hall–Kier alpha value is -2.72. The van der Waals surface area contributed by atoms with E-state index in [1.54, 1.807) is 13.8 Å². The summed E-state index contributed by atoms with van der Waals surface area (Å²) >= 11 is 1.04. The molecular weight excluding hydrogens is 831 g/mol. The molecule has 0 saturated carbocycles. The van der Waals surface area contributed by atoms with Gasteiger partial charge in [0, 0.05) is 5.75 Å². The van der Waals surface area contributed by atoms with Gasteiger partial charge in [-0.25, -0.2) is 0 Å². The van der Waals surface area contributed by atoms with Gasteiger partial charge in [0.1, 0.15) is 19.3 Å². The highest BCUT2D eigenvalue weighted by Crippen LogP contribution is 2.60. The first kappa shape index (κ1) is 68.9. The average Bonchev–Trinajstić information content (AvgIpc) is 2.99. The van der Waals surface area contributed by atoms with E-state index in [1.165, 1.54) is 27.9 Å². The molecule has 0 rings (SSSR count). The number of rotatable bonds is 21. The maximum Gasteiger partial charge on any atom is 0.460 e. The minimum absolute atomic E-state index is 0. The molecule has 0 aromatic carbocycles. The first-order valence-corrected chi connectivity index (χ1v) is 15.6. The average molecular weight is 893 g/mol. The monoisotopic (exact) mass is 892 g/mol. The molecule has 348 valence electrons. The Balaban J connectivity index is -0.000000833. The molecule has 0 spiro atoms. The van der Waals surface area contributed by atoms with E-state index < -0.39 is 115 Å². The summed E-state index contributed by atoms with van der Waals surface area (Å²) in [6, 6.07) is 0. The van der Waals surface area contributed by atoms with E-state index in [0.717, 1.165) is 11.8 Å². The molecular formula is C34H61F13O9S. The lowest BCUT2D eigenvalue weighted by molar-refractivity contribution is -0.440. The van der Waals surface area contributed by atoms with Gasteiger partial charge >= 0.3 is 59.7 Å². The van der Waals surface area contributed by atoms with Crippen molar-refractivity contribution in [1.29, 1.82) is 0 Å². The third kappa shape index (κ3) is 16.8. The highest BCUT2D eigenvalue weighted by atomic mass is 32.2. The predicted molar refractivity (Wildman–Crippen MR) is 190 cm³/mol. The second-order valence-corrected chi connectivity index (χ2v) is 13.4. The van der Waals surface area contributed by atoms with Crippen molar-refractivity contribution in [3.8, 4) is 0 Å². The number of carbonyl (C=O) groups excluding carboxylic acids is 4. The molecule has 0 aliphatic rings. The van der Waals surface area contributed by atoms with Crippen LogP contribution >= 0.6 is 11.8 Å². The molecule has 0 aliphatic carbocycles. The molecule has 0 aliphatic heterocycles. The van der Waals surface area contributed by atoms with Gasteiger partial charge in [-0.1, -0.05) is 51.5 Å². The highest BCUT2D eigenvalue weighted by molar-refractivity contribution is 8.00. The molecule has 0 aromatic rings. The number of methoxy groups -OCH3 is 1. The summed E-state index contributed by atoms with van der Waals surface area (Å²) in [6.07, 6.45) is -12.6. The van der Waals surface area contributed by atoms with Gasteiger partial charge in [0.2, 0.25) is 0 Å². The molecule has 23 heteroatoms. The zero-order valence-corrected chi connectivity index (χ0v) is 28.7. The van der Waals surface area contributed by atoms with E-state index in [0.29, 0.717) is 0 Å². The number of halogens is 13. The fourth-order valence-corrected chi connectivity index (χ4v) is 4.80. The lowest BCUT2D eigenvalue weighted by Crippen LogP contribution is -2.70. The SMILES string of the molecule is C.C.C.C.C.C.CCC(CC(C)(C)C(=O)OCC(O)COC(=O)CSCC(C)(C)C(=O)OC)C(=O)OCCC(F)(F)C(F)(F)C(F)(F)C(F)(F)C(F)(F)C(F)(F)F. The van der Waals surface area contributed by atoms with Crippen LogP contribution in [0.25, 0.3) is 0 Å². The second kappa shape index (κ2) is 25.0. The standard InChI is InChI=1S/C28H37F13O9S.6CH4/c1-7-15(10-21(2,3)20(46)50-12-16(42)11-49-17(43)13-51-14-22(4,5)19(45)47-6)18(44)48-9-8-23(29,30)24(31,32)25(33,34)26(35,36)27(37,38)28(39,40)41;;;;;;/h15-16,42H,7-14H2,1-6H3;6*1H4. The summed E-state index contributed by atoms with van der Waals surface area (Å²) in [5, 5.41) is 9.99. The molecule has 0 amide bonds. The molecule has 0 radical (unpaired) electrons. The van der Waals surface area contributed by atoms with Crippen LogP contribution in [-0.2, 0) is 38.1 Å². The van der Waals surface area contributed by atoms with Crippen molar-refractivity contribution in [3.63, 3.8) is 0 Å². The maximum atomic E-state index is 14.0. The van der Waals surface area contributed by atoms with Gasteiger partial charge in [0.25, 0.3) is 0 Å². The molecule has 0 heterocycles. The number of hydrogen-bond donors (Lipinski definition) is 1. The molecule has 9 nitrogen and oxygen atoms in total. The van der Waals surface area contributed by atoms with Crippen molar-refractivity contribution < 1.29 is 100 Å². The smallest absolute Gasteiger partial charge is 0.460 e. The van der Waals surface area contributed by atoms with Crippen LogP contribution in [0, 0.1) is 16.7 Å². The molecule has 0 aromatic heterocycles. The molecule has 0 fully saturated rings. The van der Waals surface area contributed by atoms with Gasteiger partial charge in [-0.3, -0.25) is 19.2 Å². The topological polar surface area (TPSA) is 125 Å². The van der Waals surface area contributed by atoms with E-state index in [4.69, 9.17) is 9.47 Å². The van der Waals surface area contributed by atoms with Gasteiger partial charge in [0.15, 0.2) is 0 Å². The van der Waals surface area contributed by atoms with Crippen LogP contribution in [-0.4, -0.2) is 109 Å². The van der Waals surface area contributed by atoms with Gasteiger partial charge in [-0.05, 0) is 40.5 Å². The third-order valence-corrected chi connectivity index (χ3v) is 8.42. The summed E-state index contributed by atoms with van der Waals surface area (Å²) in [7, 11) is 1.20. The van der Waals surface area contributed by atoms with E-state index in [9.17, 15) is 81.4 Å². The molecule has 2 unspecified atom stereocenters. The quantitative estimate of drug-likeness (QED) is 0.0676. The zero-order chi connectivity index (χ0) is 40.7. The Labute approximate surface area is 331 Å². The van der Waals surface area contributed by atoms with Crippen molar-refractivity contribution in [3.05, 3.63) is 0 Å². The van der Waals surface area contributed by atoms with Crippen molar-refractivity contribution >= 4 is 35.6 Å². The number of alkyl halides is 13. The predicted octanol–water partition coefficient (Wildman–Crippen LogP) is 10.3. The Kier molecular flexibility index (Phi) is 30.3. The van der Waals surface area contributed by atoms with Crippen molar-refractivity contribution in [2.45, 2.75) is 140 Å². The molecule has 57 heavy (non-hydrogen) atoms. The van der Waals surface area contributed by atoms with Gasteiger partial charge < -0.3 is 24.1 Å². The molecule has 2 atom stereocenters. The van der Waals surface area contributed by atoms with Crippen molar-refractivity contribution in [2.75, 3.05) is 38.4 Å². The second-order valence-electron chi connectivity index (χ2n) is 12.4. The van der Waals surface area contributed by atoms with Crippen molar-refractivity contribution in [1.82, 2.24) is 0 Å².